The molecule has 0 aliphatic carbocycles. The van der Waals surface area contributed by atoms with Gasteiger partial charge in [-0.15, -0.1) is 0 Å². The molecule has 0 spiro atoms. The van der Waals surface area contributed by atoms with Crippen molar-refractivity contribution in [2.24, 2.45) is 4.99 Å². The van der Waals surface area contributed by atoms with E-state index in [-0.39, 0.29) is 5.75 Å². The van der Waals surface area contributed by atoms with Crippen LogP contribution in [-0.2, 0) is 22.9 Å². The van der Waals surface area contributed by atoms with Crippen molar-refractivity contribution in [2.75, 3.05) is 7.05 Å². The molecule has 0 saturated carbocycles. The van der Waals surface area contributed by atoms with E-state index in [4.69, 9.17) is 0 Å². The van der Waals surface area contributed by atoms with Gasteiger partial charge in [0.15, 0.2) is 0 Å². The molecule has 0 atom stereocenters. The van der Waals surface area contributed by atoms with E-state index in [9.17, 15) is 8.42 Å². The molecule has 0 radical (unpaired) electrons. The van der Waals surface area contributed by atoms with Crippen LogP contribution in [0.5, 0.6) is 0 Å². The van der Waals surface area contributed by atoms with Crippen LogP contribution in [0.25, 0.3) is 0 Å². The van der Waals surface area contributed by atoms with Crippen molar-refractivity contribution in [2.45, 2.75) is 39.4 Å². The molecule has 2 aromatic rings. The van der Waals surface area contributed by atoms with Crippen LogP contribution >= 0.6 is 0 Å². The van der Waals surface area contributed by atoms with Crippen molar-refractivity contribution in [3.8, 4) is 0 Å². The summed E-state index contributed by atoms with van der Waals surface area (Å²) in [5.41, 5.74) is 6.19. The third-order valence-electron chi connectivity index (χ3n) is 4.23. The van der Waals surface area contributed by atoms with Gasteiger partial charge in [0, 0.05) is 13.5 Å². The predicted octanol–water partition coefficient (Wildman–Crippen LogP) is 3.67. The Kier molecular flexibility index (Phi) is 6.76. The van der Waals surface area contributed by atoms with E-state index in [0.29, 0.717) is 0 Å². The van der Waals surface area contributed by atoms with E-state index in [1.165, 1.54) is 11.1 Å². The molecule has 0 heterocycles. The summed E-state index contributed by atoms with van der Waals surface area (Å²) in [5, 5.41) is 3.06. The summed E-state index contributed by atoms with van der Waals surface area (Å²) in [4.78, 5) is 4.61. The van der Waals surface area contributed by atoms with Gasteiger partial charge in [0.1, 0.15) is 16.5 Å². The summed E-state index contributed by atoms with van der Waals surface area (Å²) < 4.78 is 22.6. The highest BCUT2D eigenvalue weighted by Crippen LogP contribution is 2.27. The average molecular weight is 359 g/mol. The van der Waals surface area contributed by atoms with Crippen LogP contribution in [0.4, 0.5) is 5.69 Å². The van der Waals surface area contributed by atoms with Crippen LogP contribution in [0, 0.1) is 13.8 Å². The van der Waals surface area contributed by atoms with Gasteiger partial charge in [-0.05, 0) is 48.6 Å². The second kappa shape index (κ2) is 8.81. The van der Waals surface area contributed by atoms with Gasteiger partial charge in [-0.3, -0.25) is 0 Å². The fourth-order valence-electron chi connectivity index (χ4n) is 2.73. The molecule has 0 aliphatic heterocycles. The average Bonchev–Trinajstić information content (AvgIpc) is 2.57. The second-order valence-corrected chi connectivity index (χ2v) is 7.20. The standard InChI is InChI=1S/C20H26N2O2S/c1-5-20(21-4)22-19-10-15(3)17(12-18(19)13-25(23)24)11-16-8-6-14(2)7-9-16/h6-10,12,25H,5,11,13H2,1-4H3,(H,21,22). The first kappa shape index (κ1) is 19.2. The molecule has 0 unspecified atom stereocenters. The number of aliphatic imine (C=N–C) groups is 1. The van der Waals surface area contributed by atoms with E-state index < -0.39 is 10.7 Å². The number of hydrogen-bond acceptors (Lipinski definition) is 3. The molecule has 2 rings (SSSR count). The first-order valence-corrected chi connectivity index (χ1v) is 9.84. The molecule has 0 aromatic heterocycles. The van der Waals surface area contributed by atoms with Crippen LogP contribution in [0.3, 0.4) is 0 Å². The lowest BCUT2D eigenvalue weighted by Crippen LogP contribution is -2.16. The maximum absolute atomic E-state index is 11.3. The van der Waals surface area contributed by atoms with Crippen molar-refractivity contribution in [1.29, 1.82) is 0 Å². The Morgan fingerprint density at radius 3 is 2.32 bits per heavy atom. The van der Waals surface area contributed by atoms with Gasteiger partial charge >= 0.3 is 0 Å². The highest BCUT2D eigenvalue weighted by Gasteiger charge is 2.10. The summed E-state index contributed by atoms with van der Waals surface area (Å²) in [6, 6.07) is 12.4. The summed E-state index contributed by atoms with van der Waals surface area (Å²) in [7, 11) is -0.674. The maximum Gasteiger partial charge on any atom is 0.144 e. The third-order valence-corrected chi connectivity index (χ3v) is 4.83. The molecular formula is C20H26N2O2S. The fraction of sp³-hybridized carbons (Fsp3) is 0.350. The van der Waals surface area contributed by atoms with Crippen molar-refractivity contribution >= 4 is 22.2 Å². The minimum atomic E-state index is -2.50. The third kappa shape index (κ3) is 5.43. The lowest BCUT2D eigenvalue weighted by molar-refractivity contribution is 0.614. The summed E-state index contributed by atoms with van der Waals surface area (Å²) >= 11 is 0. The van der Waals surface area contributed by atoms with Crippen molar-refractivity contribution in [3.05, 3.63) is 64.2 Å². The molecule has 0 aliphatic rings. The number of nitrogens with zero attached hydrogens (tertiary/aromatic N) is 1. The number of rotatable bonds is 6. The smallest absolute Gasteiger partial charge is 0.144 e. The Hall–Kier alpha value is -2.14. The van der Waals surface area contributed by atoms with Crippen LogP contribution in [0.2, 0.25) is 0 Å². The predicted molar refractivity (Wildman–Crippen MR) is 106 cm³/mol. The summed E-state index contributed by atoms with van der Waals surface area (Å²) in [5.74, 6) is 0.851. The lowest BCUT2D eigenvalue weighted by Gasteiger charge is -2.13. The Labute approximate surface area is 152 Å². The van der Waals surface area contributed by atoms with E-state index >= 15 is 0 Å². The van der Waals surface area contributed by atoms with E-state index in [0.717, 1.165) is 41.1 Å². The first-order valence-electron chi connectivity index (χ1n) is 8.48. The number of amidine groups is 1. The molecule has 0 fully saturated rings. The van der Waals surface area contributed by atoms with Crippen molar-refractivity contribution in [1.82, 2.24) is 5.32 Å². The minimum Gasteiger partial charge on any atom is -0.377 e. The van der Waals surface area contributed by atoms with Gasteiger partial charge in [0.05, 0.1) is 11.4 Å². The van der Waals surface area contributed by atoms with Gasteiger partial charge in [0.2, 0.25) is 0 Å². The zero-order valence-electron chi connectivity index (χ0n) is 15.3. The van der Waals surface area contributed by atoms with Crippen LogP contribution in [0.15, 0.2) is 41.4 Å². The van der Waals surface area contributed by atoms with Crippen molar-refractivity contribution in [3.63, 3.8) is 0 Å². The number of aryl methyl sites for hydroxylation is 2. The highest BCUT2D eigenvalue weighted by molar-refractivity contribution is 7.71. The number of hydrogen-bond donors (Lipinski definition) is 2. The minimum absolute atomic E-state index is 0.00997. The van der Waals surface area contributed by atoms with Gasteiger partial charge < -0.3 is 5.32 Å². The number of nitrogens with one attached hydrogen (secondary N) is 1. The molecule has 1 N–H and O–H groups in total. The fourth-order valence-corrected chi connectivity index (χ4v) is 3.26. The van der Waals surface area contributed by atoms with E-state index in [2.05, 4.69) is 48.4 Å². The highest BCUT2D eigenvalue weighted by atomic mass is 32.2. The van der Waals surface area contributed by atoms with Gasteiger partial charge in [-0.25, -0.2) is 13.4 Å². The normalized spacial score (nSPS) is 11.8. The lowest BCUT2D eigenvalue weighted by atomic mass is 9.97. The second-order valence-electron chi connectivity index (χ2n) is 6.22. The van der Waals surface area contributed by atoms with E-state index in [1.54, 1.807) is 0 Å². The molecule has 0 amide bonds. The van der Waals surface area contributed by atoms with Crippen LogP contribution in [0.1, 0.15) is 41.2 Å². The quantitative estimate of drug-likeness (QED) is 0.471. The largest absolute Gasteiger partial charge is 0.377 e. The summed E-state index contributed by atoms with van der Waals surface area (Å²) in [6.07, 6.45) is 1.55. The molecule has 0 saturated heterocycles. The molecule has 4 nitrogen and oxygen atoms in total. The Morgan fingerprint density at radius 1 is 1.08 bits per heavy atom. The van der Waals surface area contributed by atoms with Crippen molar-refractivity contribution < 1.29 is 8.42 Å². The van der Waals surface area contributed by atoms with Gasteiger partial charge in [-0.2, -0.15) is 0 Å². The monoisotopic (exact) mass is 358 g/mol. The Balaban J connectivity index is 2.45. The van der Waals surface area contributed by atoms with Crippen LogP contribution < -0.4 is 5.32 Å². The zero-order valence-corrected chi connectivity index (χ0v) is 16.2. The molecule has 134 valence electrons. The van der Waals surface area contributed by atoms with Gasteiger partial charge in [0.25, 0.3) is 0 Å². The Bertz CT molecular complexity index is 824. The summed E-state index contributed by atoms with van der Waals surface area (Å²) in [6.45, 7) is 6.13. The number of benzene rings is 2. The maximum atomic E-state index is 11.3. The van der Waals surface area contributed by atoms with E-state index in [1.807, 2.05) is 26.1 Å². The zero-order chi connectivity index (χ0) is 18.4. The van der Waals surface area contributed by atoms with Crippen LogP contribution in [-0.4, -0.2) is 21.3 Å². The molecular weight excluding hydrogens is 332 g/mol. The SMILES string of the molecule is CCC(=Nc1cc(C)c(Cc2ccc(C)cc2)cc1C[SH](=O)=O)NC. The first-order chi connectivity index (χ1) is 11.9. The molecule has 5 heteroatoms. The van der Waals surface area contributed by atoms with Gasteiger partial charge in [-0.1, -0.05) is 42.8 Å². The Morgan fingerprint density at radius 2 is 1.76 bits per heavy atom. The number of thiol groups is 1. The topological polar surface area (TPSA) is 58.5 Å². The molecule has 0 bridgehead atoms. The molecule has 2 aromatic carbocycles. The molecule has 25 heavy (non-hydrogen) atoms.